The van der Waals surface area contributed by atoms with E-state index < -0.39 is 6.03 Å². The highest BCUT2D eigenvalue weighted by molar-refractivity contribution is 7.98. The number of hydrogen-bond acceptors (Lipinski definition) is 10. The molecule has 0 radical (unpaired) electrons. The minimum absolute atomic E-state index is 0.402. The molecule has 0 unspecified atom stereocenters. The highest BCUT2D eigenvalue weighted by Gasteiger charge is 2.21. The van der Waals surface area contributed by atoms with Crippen LogP contribution in [0.25, 0.3) is 11.4 Å². The molecule has 2 N–H and O–H groups in total. The van der Waals surface area contributed by atoms with Crippen molar-refractivity contribution in [1.29, 1.82) is 0 Å². The normalized spacial score (nSPS) is 16.1. The third kappa shape index (κ3) is 6.72. The first kappa shape index (κ1) is 27.4. The van der Waals surface area contributed by atoms with Crippen LogP contribution in [0.2, 0.25) is 5.15 Å². The van der Waals surface area contributed by atoms with Gasteiger partial charge in [0.15, 0.2) is 5.82 Å². The number of benzene rings is 2. The van der Waals surface area contributed by atoms with Crippen molar-refractivity contribution in [3.8, 4) is 11.4 Å². The molecule has 0 saturated carbocycles. The Hall–Kier alpha value is -3.13. The molecule has 3 aromatic rings. The fourth-order valence-corrected chi connectivity index (χ4v) is 5.24. The van der Waals surface area contributed by atoms with Crippen molar-refractivity contribution < 1.29 is 14.3 Å². The topological polar surface area (TPSA) is 118 Å². The molecule has 13 heteroatoms. The molecule has 2 fully saturated rings. The Morgan fingerprint density at radius 1 is 0.923 bits per heavy atom. The Kier molecular flexibility index (Phi) is 9.02. The van der Waals surface area contributed by atoms with Crippen molar-refractivity contribution in [2.24, 2.45) is 0 Å². The van der Waals surface area contributed by atoms with Gasteiger partial charge in [-0.3, -0.25) is 0 Å². The standard InChI is InChI=1S/C26H29ClN7O4S/c1-39-22-23(27)30-24(31-25(22)32-10-14-37-15-11-32)18-2-4-19(5-3-18)28-26(35)29-20-6-8-21(9-7-20)34(36)33-12-16-38-17-13-33/h2-9H,10-17H2,1H3,(H2,28,29,35)/q-1. The number of halogens is 1. The molecule has 206 valence electrons. The van der Waals surface area contributed by atoms with Crippen LogP contribution in [0.3, 0.4) is 0 Å². The van der Waals surface area contributed by atoms with Gasteiger partial charge in [0.25, 0.3) is 0 Å². The number of carbonyl (C=O) groups is 1. The van der Waals surface area contributed by atoms with Crippen LogP contribution in [-0.2, 0) is 9.47 Å². The van der Waals surface area contributed by atoms with Crippen LogP contribution >= 0.6 is 23.4 Å². The van der Waals surface area contributed by atoms with Crippen LogP contribution in [0.15, 0.2) is 53.4 Å². The zero-order chi connectivity index (χ0) is 27.2. The lowest BCUT2D eigenvalue weighted by molar-refractivity contribution is 0.0371. The molecule has 1 aromatic heterocycles. The fraction of sp³-hybridized carbons (Fsp3) is 0.346. The van der Waals surface area contributed by atoms with Gasteiger partial charge in [0.2, 0.25) is 0 Å². The molecule has 2 aromatic carbocycles. The van der Waals surface area contributed by atoms with E-state index in [2.05, 4.69) is 20.5 Å². The van der Waals surface area contributed by atoms with E-state index in [0.717, 1.165) is 34.5 Å². The Morgan fingerprint density at radius 2 is 1.49 bits per heavy atom. The van der Waals surface area contributed by atoms with E-state index >= 15 is 0 Å². The van der Waals surface area contributed by atoms with Gasteiger partial charge in [-0.25, -0.2) is 19.8 Å². The maximum absolute atomic E-state index is 12.6. The van der Waals surface area contributed by atoms with Crippen molar-refractivity contribution in [2.45, 2.75) is 4.90 Å². The smallest absolute Gasteiger partial charge is 0.323 e. The first-order valence-corrected chi connectivity index (χ1v) is 14.1. The molecule has 2 saturated heterocycles. The van der Waals surface area contributed by atoms with E-state index in [9.17, 15) is 10.0 Å². The molecule has 5 rings (SSSR count). The summed E-state index contributed by atoms with van der Waals surface area (Å²) in [6.07, 6.45) is 1.96. The summed E-state index contributed by atoms with van der Waals surface area (Å²) in [7, 11) is 0. The second kappa shape index (κ2) is 12.8. The SMILES string of the molecule is CSc1c(Cl)nc(-c2ccc(NC(=O)Nc3ccc(N([O-])N4CCOCC4)cc3)cc2)nc1N1CCOCC1. The second-order valence-corrected chi connectivity index (χ2v) is 10.0. The monoisotopic (exact) mass is 570 g/mol. The largest absolute Gasteiger partial charge is 0.743 e. The summed E-state index contributed by atoms with van der Waals surface area (Å²) in [6.45, 7) is 4.91. The van der Waals surface area contributed by atoms with Gasteiger partial charge < -0.3 is 35.4 Å². The number of hydrogen-bond donors (Lipinski definition) is 2. The lowest BCUT2D eigenvalue weighted by Gasteiger charge is -2.43. The van der Waals surface area contributed by atoms with Crippen LogP contribution in [0.1, 0.15) is 0 Å². The molecular weight excluding hydrogens is 542 g/mol. The quantitative estimate of drug-likeness (QED) is 0.238. The Morgan fingerprint density at radius 3 is 2.08 bits per heavy atom. The summed E-state index contributed by atoms with van der Waals surface area (Å²) in [4.78, 5) is 24.9. The number of carbonyl (C=O) groups excluding carboxylic acids is 1. The third-order valence-corrected chi connectivity index (χ3v) is 7.48. The summed E-state index contributed by atoms with van der Waals surface area (Å²) >= 11 is 8.04. The number of urea groups is 1. The van der Waals surface area contributed by atoms with Gasteiger partial charge in [-0.1, -0.05) is 11.6 Å². The van der Waals surface area contributed by atoms with Crippen molar-refractivity contribution >= 4 is 52.3 Å². The number of thioether (sulfide) groups is 1. The minimum Gasteiger partial charge on any atom is -0.743 e. The molecule has 11 nitrogen and oxygen atoms in total. The average Bonchev–Trinajstić information content (AvgIpc) is 2.98. The second-order valence-electron chi connectivity index (χ2n) is 8.84. The summed E-state index contributed by atoms with van der Waals surface area (Å²) in [5.41, 5.74) is 2.44. The molecule has 2 amide bonds. The number of nitrogens with zero attached hydrogens (tertiary/aromatic N) is 5. The molecule has 3 heterocycles. The Balaban J connectivity index is 1.21. The van der Waals surface area contributed by atoms with Gasteiger partial charge >= 0.3 is 6.03 Å². The average molecular weight is 571 g/mol. The van der Waals surface area contributed by atoms with Crippen LogP contribution in [0, 0.1) is 5.21 Å². The fourth-order valence-electron chi connectivity index (χ4n) is 4.27. The zero-order valence-electron chi connectivity index (χ0n) is 21.4. The van der Waals surface area contributed by atoms with Crippen LogP contribution in [0.5, 0.6) is 0 Å². The van der Waals surface area contributed by atoms with Crippen molar-refractivity contribution in [1.82, 2.24) is 15.0 Å². The van der Waals surface area contributed by atoms with E-state index in [1.165, 1.54) is 11.8 Å². The summed E-state index contributed by atoms with van der Waals surface area (Å²) < 4.78 is 10.8. The third-order valence-electron chi connectivity index (χ3n) is 6.31. The highest BCUT2D eigenvalue weighted by atomic mass is 35.5. The highest BCUT2D eigenvalue weighted by Crippen LogP contribution is 2.35. The molecule has 2 aliphatic heterocycles. The first-order chi connectivity index (χ1) is 19.0. The van der Waals surface area contributed by atoms with Gasteiger partial charge in [-0.15, -0.1) is 11.8 Å². The maximum Gasteiger partial charge on any atom is 0.323 e. The van der Waals surface area contributed by atoms with Crippen LogP contribution in [0.4, 0.5) is 27.7 Å². The maximum atomic E-state index is 12.6. The van der Waals surface area contributed by atoms with Gasteiger partial charge in [-0.05, 0) is 54.8 Å². The number of anilines is 4. The Bertz CT molecular complexity index is 1270. The van der Waals surface area contributed by atoms with Gasteiger partial charge in [0.05, 0.1) is 31.3 Å². The predicted octanol–water partition coefficient (Wildman–Crippen LogP) is 4.55. The summed E-state index contributed by atoms with van der Waals surface area (Å²) in [5.74, 6) is 1.32. The number of ether oxygens (including phenoxy) is 2. The molecule has 0 atom stereocenters. The van der Waals surface area contributed by atoms with E-state index in [-0.39, 0.29) is 0 Å². The number of hydrazine groups is 1. The summed E-state index contributed by atoms with van der Waals surface area (Å²) in [6, 6.07) is 13.6. The zero-order valence-corrected chi connectivity index (χ0v) is 23.0. The Labute approximate surface area is 236 Å². The molecule has 0 spiro atoms. The minimum atomic E-state index is -0.402. The molecule has 0 bridgehead atoms. The molecule has 0 aliphatic carbocycles. The van der Waals surface area contributed by atoms with E-state index in [1.807, 2.05) is 18.4 Å². The summed E-state index contributed by atoms with van der Waals surface area (Å²) in [5, 5.41) is 21.1. The lowest BCUT2D eigenvalue weighted by Crippen LogP contribution is -2.46. The number of amides is 2. The van der Waals surface area contributed by atoms with Crippen LogP contribution < -0.4 is 20.7 Å². The van der Waals surface area contributed by atoms with Gasteiger partial charge in [-0.2, -0.15) is 0 Å². The number of nitrogens with one attached hydrogen (secondary N) is 2. The molecular formula is C26H29ClN7O4S-. The lowest BCUT2D eigenvalue weighted by atomic mass is 10.2. The predicted molar refractivity (Wildman–Crippen MR) is 155 cm³/mol. The van der Waals surface area contributed by atoms with E-state index in [0.29, 0.717) is 67.6 Å². The molecule has 2 aliphatic rings. The van der Waals surface area contributed by atoms with E-state index in [1.54, 1.807) is 41.4 Å². The van der Waals surface area contributed by atoms with Crippen molar-refractivity contribution in [3.63, 3.8) is 0 Å². The number of rotatable bonds is 7. The van der Waals surface area contributed by atoms with Gasteiger partial charge in [0, 0.05) is 48.8 Å². The molecule has 39 heavy (non-hydrogen) atoms. The van der Waals surface area contributed by atoms with Crippen molar-refractivity contribution in [2.75, 3.05) is 79.6 Å². The first-order valence-electron chi connectivity index (χ1n) is 12.5. The van der Waals surface area contributed by atoms with Gasteiger partial charge in [0.1, 0.15) is 11.0 Å². The number of morpholine rings is 2. The van der Waals surface area contributed by atoms with E-state index in [4.69, 9.17) is 26.1 Å². The van der Waals surface area contributed by atoms with Crippen LogP contribution in [-0.4, -0.2) is 79.9 Å². The number of aromatic nitrogens is 2. The van der Waals surface area contributed by atoms with Crippen molar-refractivity contribution in [3.05, 3.63) is 58.9 Å².